The first-order chi connectivity index (χ1) is 12.8. The molecule has 0 aromatic carbocycles. The number of nitriles is 1. The largest absolute Gasteiger partial charge is 0.381 e. The molecule has 1 fully saturated rings. The molecule has 0 radical (unpaired) electrons. The van der Waals surface area contributed by atoms with Crippen molar-refractivity contribution >= 4 is 6.29 Å². The SMILES string of the molecule is C.C1CCOC1.Cc1c(F)cnc(C#N)c1F.Cc1c(F)cnc(C=O)c1F. The fourth-order valence-electron chi connectivity index (χ4n) is 1.80. The number of halogens is 4. The molecule has 3 rings (SSSR count). The summed E-state index contributed by atoms with van der Waals surface area (Å²) in [5.74, 6) is -3.25. The van der Waals surface area contributed by atoms with Gasteiger partial charge in [-0.05, 0) is 26.7 Å². The normalized spacial score (nSPS) is 11.8. The summed E-state index contributed by atoms with van der Waals surface area (Å²) in [7, 11) is 0. The number of carbonyl (C=O) groups excluding carboxylic acids is 1. The van der Waals surface area contributed by atoms with Crippen LogP contribution in [0.3, 0.4) is 0 Å². The van der Waals surface area contributed by atoms with Crippen LogP contribution < -0.4 is 0 Å². The van der Waals surface area contributed by atoms with Crippen LogP contribution >= 0.6 is 0 Å². The molecule has 0 atom stereocenters. The van der Waals surface area contributed by atoms with Gasteiger partial charge in [-0.15, -0.1) is 0 Å². The van der Waals surface area contributed by atoms with Crippen molar-refractivity contribution in [2.24, 2.45) is 0 Å². The Labute approximate surface area is 161 Å². The first-order valence-electron chi connectivity index (χ1n) is 7.87. The van der Waals surface area contributed by atoms with Crippen molar-refractivity contribution in [2.45, 2.75) is 34.1 Å². The molecule has 0 bridgehead atoms. The van der Waals surface area contributed by atoms with Gasteiger partial charge in [-0.25, -0.2) is 27.5 Å². The number of hydrogen-bond donors (Lipinski definition) is 0. The second kappa shape index (κ2) is 12.5. The molecule has 0 saturated carbocycles. The Bertz CT molecular complexity index is 827. The smallest absolute Gasteiger partial charge is 0.176 e. The van der Waals surface area contributed by atoms with E-state index in [-0.39, 0.29) is 36.2 Å². The number of aldehydes is 1. The van der Waals surface area contributed by atoms with Gasteiger partial charge in [-0.1, -0.05) is 7.43 Å². The van der Waals surface area contributed by atoms with Gasteiger partial charge >= 0.3 is 0 Å². The fourth-order valence-corrected chi connectivity index (χ4v) is 1.80. The highest BCUT2D eigenvalue weighted by atomic mass is 19.1. The van der Waals surface area contributed by atoms with E-state index in [1.807, 2.05) is 0 Å². The minimum absolute atomic E-state index is 0. The molecule has 0 unspecified atom stereocenters. The minimum Gasteiger partial charge on any atom is -0.381 e. The van der Waals surface area contributed by atoms with E-state index < -0.39 is 23.3 Å². The molecule has 1 aliphatic rings. The highest BCUT2D eigenvalue weighted by molar-refractivity contribution is 5.72. The number of carbonyl (C=O) groups is 1. The summed E-state index contributed by atoms with van der Waals surface area (Å²) in [6, 6.07) is 1.51. The molecule has 9 heteroatoms. The van der Waals surface area contributed by atoms with E-state index in [0.717, 1.165) is 25.6 Å². The molecular weight excluding hydrogens is 378 g/mol. The highest BCUT2D eigenvalue weighted by Gasteiger charge is 2.10. The van der Waals surface area contributed by atoms with E-state index >= 15 is 0 Å². The van der Waals surface area contributed by atoms with Crippen LogP contribution in [0.2, 0.25) is 0 Å². The van der Waals surface area contributed by atoms with Crippen molar-refractivity contribution in [3.63, 3.8) is 0 Å². The summed E-state index contributed by atoms with van der Waals surface area (Å²) < 4.78 is 55.4. The lowest BCUT2D eigenvalue weighted by Crippen LogP contribution is -1.98. The molecule has 2 aromatic heterocycles. The molecule has 28 heavy (non-hydrogen) atoms. The molecule has 152 valence electrons. The quantitative estimate of drug-likeness (QED) is 0.523. The Hall–Kier alpha value is -2.86. The maximum Gasteiger partial charge on any atom is 0.176 e. The van der Waals surface area contributed by atoms with E-state index in [0.29, 0.717) is 0 Å². The zero-order valence-electron chi connectivity index (χ0n) is 14.7. The second-order valence-corrected chi connectivity index (χ2v) is 5.37. The Kier molecular flexibility index (Phi) is 11.2. The Balaban J connectivity index is 0.000000408. The second-order valence-electron chi connectivity index (χ2n) is 5.37. The van der Waals surface area contributed by atoms with Crippen molar-refractivity contribution in [3.05, 3.63) is 58.2 Å². The molecule has 0 amide bonds. The van der Waals surface area contributed by atoms with Gasteiger partial charge in [-0.3, -0.25) is 4.79 Å². The van der Waals surface area contributed by atoms with Gasteiger partial charge in [0.25, 0.3) is 0 Å². The number of hydrogen-bond acceptors (Lipinski definition) is 5. The lowest BCUT2D eigenvalue weighted by molar-refractivity contribution is 0.111. The third-order valence-corrected chi connectivity index (χ3v) is 3.48. The third kappa shape index (κ3) is 7.04. The molecule has 5 nitrogen and oxygen atoms in total. The minimum atomic E-state index is -0.889. The predicted molar refractivity (Wildman–Crippen MR) is 94.7 cm³/mol. The maximum absolute atomic E-state index is 12.7. The number of pyridine rings is 2. The standard InChI is InChI=1S/C7H4F2N2.C7H5F2NO.C4H8O.CH4/c1-4-5(8)3-11-6(2-10)7(4)9;1-4-5(8)2-10-6(3-11)7(4)9;1-2-4-5-3-1;/h3H,1H3;2-3H,1H3;1-4H2;1H4. The summed E-state index contributed by atoms with van der Waals surface area (Å²) in [5, 5.41) is 8.26. The fraction of sp³-hybridized carbons (Fsp3) is 0.368. The summed E-state index contributed by atoms with van der Waals surface area (Å²) in [5.41, 5.74) is -1.08. The van der Waals surface area contributed by atoms with Gasteiger partial charge in [-0.2, -0.15) is 5.26 Å². The van der Waals surface area contributed by atoms with E-state index in [4.69, 9.17) is 10.00 Å². The lowest BCUT2D eigenvalue weighted by atomic mass is 10.2. The van der Waals surface area contributed by atoms with Crippen LogP contribution in [0.15, 0.2) is 12.4 Å². The van der Waals surface area contributed by atoms with Gasteiger partial charge in [0, 0.05) is 24.3 Å². The summed E-state index contributed by atoms with van der Waals surface area (Å²) >= 11 is 0. The van der Waals surface area contributed by atoms with Crippen molar-refractivity contribution in [3.8, 4) is 6.07 Å². The van der Waals surface area contributed by atoms with Crippen LogP contribution in [-0.4, -0.2) is 29.5 Å². The zero-order chi connectivity index (χ0) is 20.4. The number of rotatable bonds is 1. The van der Waals surface area contributed by atoms with Crippen LogP contribution in [0.4, 0.5) is 17.6 Å². The topological polar surface area (TPSA) is 75.9 Å². The first-order valence-corrected chi connectivity index (χ1v) is 7.87. The van der Waals surface area contributed by atoms with Gasteiger partial charge in [0.05, 0.1) is 12.4 Å². The number of nitrogens with zero attached hydrogens (tertiary/aromatic N) is 3. The predicted octanol–water partition coefficient (Wildman–Crippen LogP) is 4.45. The van der Waals surface area contributed by atoms with Gasteiger partial charge < -0.3 is 4.74 Å². The van der Waals surface area contributed by atoms with Crippen molar-refractivity contribution in [1.29, 1.82) is 5.26 Å². The van der Waals surface area contributed by atoms with Crippen LogP contribution in [0, 0.1) is 48.4 Å². The van der Waals surface area contributed by atoms with Crippen molar-refractivity contribution in [1.82, 2.24) is 9.97 Å². The summed E-state index contributed by atoms with van der Waals surface area (Å²) in [6.07, 6.45) is 4.46. The Morgan fingerprint density at radius 2 is 1.50 bits per heavy atom. The summed E-state index contributed by atoms with van der Waals surface area (Å²) in [6.45, 7) is 4.51. The van der Waals surface area contributed by atoms with E-state index in [1.54, 1.807) is 0 Å². The number of ether oxygens (including phenoxy) is 1. The Morgan fingerprint density at radius 3 is 1.93 bits per heavy atom. The average molecular weight is 399 g/mol. The van der Waals surface area contributed by atoms with Crippen LogP contribution in [-0.2, 0) is 4.74 Å². The van der Waals surface area contributed by atoms with Crippen LogP contribution in [0.25, 0.3) is 0 Å². The van der Waals surface area contributed by atoms with Gasteiger partial charge in [0.15, 0.2) is 23.6 Å². The molecule has 0 N–H and O–H groups in total. The molecule has 3 heterocycles. The molecule has 2 aromatic rings. The maximum atomic E-state index is 12.7. The monoisotopic (exact) mass is 399 g/mol. The first kappa shape index (κ1) is 25.1. The molecule has 1 aliphatic heterocycles. The lowest BCUT2D eigenvalue weighted by Gasteiger charge is -1.98. The van der Waals surface area contributed by atoms with Crippen molar-refractivity contribution < 1.29 is 27.1 Å². The average Bonchev–Trinajstić information content (AvgIpc) is 3.25. The van der Waals surface area contributed by atoms with E-state index in [9.17, 15) is 22.4 Å². The molecule has 0 spiro atoms. The van der Waals surface area contributed by atoms with Crippen molar-refractivity contribution in [2.75, 3.05) is 13.2 Å². The van der Waals surface area contributed by atoms with Gasteiger partial charge in [0.2, 0.25) is 0 Å². The highest BCUT2D eigenvalue weighted by Crippen LogP contribution is 2.12. The van der Waals surface area contributed by atoms with E-state index in [2.05, 4.69) is 9.97 Å². The molecule has 1 saturated heterocycles. The number of aromatic nitrogens is 2. The molecular formula is C19H21F4N3O2. The summed E-state index contributed by atoms with van der Waals surface area (Å²) in [4.78, 5) is 16.6. The Morgan fingerprint density at radius 1 is 1.00 bits per heavy atom. The molecule has 0 aliphatic carbocycles. The third-order valence-electron chi connectivity index (χ3n) is 3.48. The van der Waals surface area contributed by atoms with E-state index in [1.165, 1.54) is 32.8 Å². The van der Waals surface area contributed by atoms with Crippen LogP contribution in [0.5, 0.6) is 0 Å². The zero-order valence-corrected chi connectivity index (χ0v) is 14.7. The van der Waals surface area contributed by atoms with Crippen LogP contribution in [0.1, 0.15) is 47.6 Å². The van der Waals surface area contributed by atoms with Gasteiger partial charge in [0.1, 0.15) is 23.4 Å².